The van der Waals surface area contributed by atoms with E-state index >= 15 is 0 Å². The normalized spacial score (nSPS) is 12.5. The quantitative estimate of drug-likeness (QED) is 0.809. The molecular formula is C16H19NO. The lowest BCUT2D eigenvalue weighted by molar-refractivity contribution is 0.499. The minimum atomic E-state index is 0.378. The molecule has 0 aliphatic carbocycles. The summed E-state index contributed by atoms with van der Waals surface area (Å²) in [6.45, 7) is 4.97. The fourth-order valence-corrected chi connectivity index (χ4v) is 2.19. The van der Waals surface area contributed by atoms with Crippen LogP contribution in [0.1, 0.15) is 31.1 Å². The smallest absolute Gasteiger partial charge is 0.134 e. The van der Waals surface area contributed by atoms with Gasteiger partial charge in [0.05, 0.1) is 0 Å². The summed E-state index contributed by atoms with van der Waals surface area (Å²) in [4.78, 5) is 0. The molecule has 0 radical (unpaired) electrons. The largest absolute Gasteiger partial charge is 0.461 e. The van der Waals surface area contributed by atoms with Crippen LogP contribution in [0.4, 0.5) is 0 Å². The zero-order valence-electron chi connectivity index (χ0n) is 11.0. The van der Waals surface area contributed by atoms with E-state index in [1.807, 2.05) is 25.1 Å². The summed E-state index contributed by atoms with van der Waals surface area (Å²) < 4.78 is 5.74. The molecule has 2 aromatic rings. The fraction of sp³-hybridized carbons (Fsp3) is 0.375. The molecule has 2 heteroatoms. The highest BCUT2D eigenvalue weighted by molar-refractivity contribution is 5.82. The van der Waals surface area contributed by atoms with Gasteiger partial charge in [-0.1, -0.05) is 25.1 Å². The number of furan rings is 1. The maximum absolute atomic E-state index is 5.74. The summed E-state index contributed by atoms with van der Waals surface area (Å²) in [5, 5.41) is 4.70. The predicted octanol–water partition coefficient (Wildman–Crippen LogP) is 3.63. The summed E-state index contributed by atoms with van der Waals surface area (Å²) in [7, 11) is 0. The number of benzene rings is 1. The van der Waals surface area contributed by atoms with Crippen LogP contribution in [-0.4, -0.2) is 6.04 Å². The van der Waals surface area contributed by atoms with Gasteiger partial charge in [-0.2, -0.15) is 0 Å². The molecule has 1 N–H and O–H groups in total. The maximum atomic E-state index is 5.74. The standard InChI is InChI=1S/C16H19NO/c1-4-8-13(5-2)17-11-15-12(3)18-16-10-7-6-9-14(15)16/h1,6-7,9-10,13,17H,5,8,11H2,2-3H3. The number of nitrogens with one attached hydrogen (secondary N) is 1. The van der Waals surface area contributed by atoms with Gasteiger partial charge in [0.25, 0.3) is 0 Å². The number of hydrogen-bond donors (Lipinski definition) is 1. The first kappa shape index (κ1) is 12.7. The summed E-state index contributed by atoms with van der Waals surface area (Å²) in [6, 6.07) is 8.52. The monoisotopic (exact) mass is 241 g/mol. The van der Waals surface area contributed by atoms with Crippen molar-refractivity contribution in [2.75, 3.05) is 0 Å². The molecule has 0 fully saturated rings. The predicted molar refractivity (Wildman–Crippen MR) is 75.3 cm³/mol. The number of terminal acetylenes is 1. The topological polar surface area (TPSA) is 25.2 Å². The Labute approximate surface area is 108 Å². The van der Waals surface area contributed by atoms with Crippen molar-refractivity contribution in [3.05, 3.63) is 35.6 Å². The van der Waals surface area contributed by atoms with Crippen LogP contribution in [0.3, 0.4) is 0 Å². The molecule has 1 heterocycles. The van der Waals surface area contributed by atoms with Gasteiger partial charge in [0.15, 0.2) is 0 Å². The third-order valence-corrected chi connectivity index (χ3v) is 3.32. The van der Waals surface area contributed by atoms with Gasteiger partial charge in [0.2, 0.25) is 0 Å². The first-order valence-corrected chi connectivity index (χ1v) is 6.40. The number of para-hydroxylation sites is 1. The minimum absolute atomic E-state index is 0.378. The third-order valence-electron chi connectivity index (χ3n) is 3.32. The zero-order valence-corrected chi connectivity index (χ0v) is 11.0. The van der Waals surface area contributed by atoms with Crippen LogP contribution in [0, 0.1) is 19.3 Å². The average Bonchev–Trinajstić information content (AvgIpc) is 2.70. The van der Waals surface area contributed by atoms with Crippen molar-refractivity contribution in [1.82, 2.24) is 5.32 Å². The molecule has 0 aliphatic heterocycles. The molecule has 0 aliphatic rings. The number of rotatable bonds is 5. The van der Waals surface area contributed by atoms with E-state index in [2.05, 4.69) is 24.2 Å². The van der Waals surface area contributed by atoms with Gasteiger partial charge < -0.3 is 9.73 Å². The first-order chi connectivity index (χ1) is 8.76. The van der Waals surface area contributed by atoms with E-state index in [4.69, 9.17) is 10.8 Å². The van der Waals surface area contributed by atoms with Crippen molar-refractivity contribution < 1.29 is 4.42 Å². The van der Waals surface area contributed by atoms with E-state index in [-0.39, 0.29) is 0 Å². The highest BCUT2D eigenvalue weighted by Crippen LogP contribution is 2.25. The average molecular weight is 241 g/mol. The van der Waals surface area contributed by atoms with E-state index in [1.54, 1.807) is 0 Å². The van der Waals surface area contributed by atoms with Crippen LogP contribution in [0.5, 0.6) is 0 Å². The van der Waals surface area contributed by atoms with Crippen molar-refractivity contribution in [3.63, 3.8) is 0 Å². The third kappa shape index (κ3) is 2.57. The molecule has 1 aromatic carbocycles. The maximum Gasteiger partial charge on any atom is 0.134 e. The van der Waals surface area contributed by atoms with Crippen LogP contribution >= 0.6 is 0 Å². The molecule has 1 aromatic heterocycles. The highest BCUT2D eigenvalue weighted by Gasteiger charge is 2.11. The molecule has 2 rings (SSSR count). The molecule has 0 spiro atoms. The fourth-order valence-electron chi connectivity index (χ4n) is 2.19. The molecule has 1 atom stereocenters. The second-order valence-corrected chi connectivity index (χ2v) is 4.53. The SMILES string of the molecule is C#CCC(CC)NCc1c(C)oc2ccccc12. The Balaban J connectivity index is 2.16. The van der Waals surface area contributed by atoms with Crippen LogP contribution in [0.2, 0.25) is 0 Å². The van der Waals surface area contributed by atoms with E-state index < -0.39 is 0 Å². The highest BCUT2D eigenvalue weighted by atomic mass is 16.3. The number of fused-ring (bicyclic) bond motifs is 1. The summed E-state index contributed by atoms with van der Waals surface area (Å²) in [6.07, 6.45) is 7.18. The van der Waals surface area contributed by atoms with Crippen LogP contribution in [0.15, 0.2) is 28.7 Å². The second-order valence-electron chi connectivity index (χ2n) is 4.53. The van der Waals surface area contributed by atoms with Crippen LogP contribution in [-0.2, 0) is 6.54 Å². The summed E-state index contributed by atoms with van der Waals surface area (Å²) in [5.74, 6) is 3.70. The molecule has 18 heavy (non-hydrogen) atoms. The van der Waals surface area contributed by atoms with Crippen LogP contribution < -0.4 is 5.32 Å². The zero-order chi connectivity index (χ0) is 13.0. The van der Waals surface area contributed by atoms with E-state index in [0.717, 1.165) is 30.7 Å². The second kappa shape index (κ2) is 5.75. The summed E-state index contributed by atoms with van der Waals surface area (Å²) >= 11 is 0. The lowest BCUT2D eigenvalue weighted by atomic mass is 10.1. The lowest BCUT2D eigenvalue weighted by Crippen LogP contribution is -2.27. The van der Waals surface area contributed by atoms with Crippen molar-refractivity contribution in [2.24, 2.45) is 0 Å². The van der Waals surface area contributed by atoms with Gasteiger partial charge in [0.1, 0.15) is 11.3 Å². The molecule has 0 saturated heterocycles. The minimum Gasteiger partial charge on any atom is -0.461 e. The number of hydrogen-bond acceptors (Lipinski definition) is 2. The molecule has 0 bridgehead atoms. The van der Waals surface area contributed by atoms with E-state index in [9.17, 15) is 0 Å². The van der Waals surface area contributed by atoms with Gasteiger partial charge in [-0.25, -0.2) is 0 Å². The lowest BCUT2D eigenvalue weighted by Gasteiger charge is -2.13. The van der Waals surface area contributed by atoms with Gasteiger partial charge in [-0.3, -0.25) is 0 Å². The van der Waals surface area contributed by atoms with E-state index in [1.165, 1.54) is 10.9 Å². The molecule has 2 nitrogen and oxygen atoms in total. The Kier molecular flexibility index (Phi) is 4.07. The molecule has 0 amide bonds. The van der Waals surface area contributed by atoms with Gasteiger partial charge >= 0.3 is 0 Å². The molecular weight excluding hydrogens is 222 g/mol. The van der Waals surface area contributed by atoms with Crippen molar-refractivity contribution in [3.8, 4) is 12.3 Å². The van der Waals surface area contributed by atoms with Gasteiger partial charge in [0, 0.05) is 30.0 Å². The van der Waals surface area contributed by atoms with Crippen molar-refractivity contribution in [2.45, 2.75) is 39.3 Å². The molecule has 0 saturated carbocycles. The Hall–Kier alpha value is -1.72. The van der Waals surface area contributed by atoms with Gasteiger partial charge in [-0.15, -0.1) is 12.3 Å². The Bertz CT molecular complexity index is 562. The number of aryl methyl sites for hydroxylation is 1. The molecule has 1 unspecified atom stereocenters. The van der Waals surface area contributed by atoms with E-state index in [0.29, 0.717) is 6.04 Å². The van der Waals surface area contributed by atoms with Crippen molar-refractivity contribution >= 4 is 11.0 Å². The molecule has 94 valence electrons. The van der Waals surface area contributed by atoms with Crippen molar-refractivity contribution in [1.29, 1.82) is 0 Å². The summed E-state index contributed by atoms with van der Waals surface area (Å²) in [5.41, 5.74) is 2.19. The first-order valence-electron chi connectivity index (χ1n) is 6.40. The Morgan fingerprint density at radius 3 is 2.89 bits per heavy atom. The Morgan fingerprint density at radius 1 is 1.39 bits per heavy atom. The Morgan fingerprint density at radius 2 is 2.17 bits per heavy atom. The van der Waals surface area contributed by atoms with Gasteiger partial charge in [-0.05, 0) is 19.4 Å². The van der Waals surface area contributed by atoms with Crippen LogP contribution in [0.25, 0.3) is 11.0 Å².